The molecule has 1 saturated heterocycles. The number of hydrogen-bond donors (Lipinski definition) is 0. The second-order valence-corrected chi connectivity index (χ2v) is 8.63. The third kappa shape index (κ3) is 5.40. The molecule has 1 aliphatic heterocycles. The molecular formula is C28H26F2N4O3. The number of nitrogens with zero attached hydrogens (tertiary/aromatic N) is 4. The van der Waals surface area contributed by atoms with E-state index in [2.05, 4.69) is 10.00 Å². The maximum Gasteiger partial charge on any atom is 0.278 e. The highest BCUT2D eigenvalue weighted by atomic mass is 19.1. The van der Waals surface area contributed by atoms with E-state index >= 15 is 0 Å². The predicted octanol–water partition coefficient (Wildman–Crippen LogP) is 4.70. The number of methoxy groups -OCH3 is 1. The van der Waals surface area contributed by atoms with Gasteiger partial charge in [-0.1, -0.05) is 24.3 Å². The minimum Gasteiger partial charge on any atom is -0.495 e. The maximum absolute atomic E-state index is 13.6. The van der Waals surface area contributed by atoms with E-state index in [9.17, 15) is 13.6 Å². The van der Waals surface area contributed by atoms with Gasteiger partial charge in [0.25, 0.3) is 5.91 Å². The van der Waals surface area contributed by atoms with Crippen molar-refractivity contribution >= 4 is 11.6 Å². The minimum absolute atomic E-state index is 0.136. The summed E-state index contributed by atoms with van der Waals surface area (Å²) in [6.45, 7) is 2.40. The van der Waals surface area contributed by atoms with E-state index in [0.717, 1.165) is 17.0 Å². The summed E-state index contributed by atoms with van der Waals surface area (Å²) in [5.41, 5.74) is 2.49. The number of rotatable bonds is 7. The Kier molecular flexibility index (Phi) is 7.02. The number of amides is 1. The first-order chi connectivity index (χ1) is 18.0. The Morgan fingerprint density at radius 1 is 0.865 bits per heavy atom. The van der Waals surface area contributed by atoms with Gasteiger partial charge < -0.3 is 19.3 Å². The first kappa shape index (κ1) is 24.3. The summed E-state index contributed by atoms with van der Waals surface area (Å²) in [6, 6.07) is 19.6. The van der Waals surface area contributed by atoms with Crippen LogP contribution in [0.2, 0.25) is 0 Å². The van der Waals surface area contributed by atoms with E-state index in [0.29, 0.717) is 37.6 Å². The first-order valence-corrected chi connectivity index (χ1v) is 11.9. The van der Waals surface area contributed by atoms with Gasteiger partial charge in [0.15, 0.2) is 11.4 Å². The Morgan fingerprint density at radius 3 is 2.19 bits per heavy atom. The van der Waals surface area contributed by atoms with Crippen molar-refractivity contribution in [3.05, 3.63) is 102 Å². The van der Waals surface area contributed by atoms with E-state index < -0.39 is 0 Å². The van der Waals surface area contributed by atoms with Crippen molar-refractivity contribution in [2.75, 3.05) is 38.2 Å². The molecule has 0 aliphatic carbocycles. The summed E-state index contributed by atoms with van der Waals surface area (Å²) in [5.74, 6) is 0.126. The molecule has 0 bridgehead atoms. The molecule has 1 fully saturated rings. The average molecular weight is 505 g/mol. The number of aromatic nitrogens is 2. The minimum atomic E-state index is -0.368. The van der Waals surface area contributed by atoms with Crippen molar-refractivity contribution in [2.45, 2.75) is 6.61 Å². The molecule has 0 saturated carbocycles. The molecule has 0 atom stereocenters. The van der Waals surface area contributed by atoms with Crippen LogP contribution in [-0.4, -0.2) is 53.9 Å². The van der Waals surface area contributed by atoms with E-state index in [-0.39, 0.29) is 29.8 Å². The lowest BCUT2D eigenvalue weighted by molar-refractivity contribution is 0.0735. The molecule has 2 heterocycles. The van der Waals surface area contributed by atoms with E-state index in [1.807, 2.05) is 24.3 Å². The predicted molar refractivity (Wildman–Crippen MR) is 135 cm³/mol. The smallest absolute Gasteiger partial charge is 0.278 e. The normalized spacial score (nSPS) is 13.5. The molecule has 3 aromatic carbocycles. The first-order valence-electron chi connectivity index (χ1n) is 11.9. The van der Waals surface area contributed by atoms with Crippen LogP contribution in [0.25, 0.3) is 5.69 Å². The molecule has 37 heavy (non-hydrogen) atoms. The van der Waals surface area contributed by atoms with Crippen molar-refractivity contribution in [3.63, 3.8) is 0 Å². The van der Waals surface area contributed by atoms with Gasteiger partial charge in [-0.05, 0) is 54.1 Å². The van der Waals surface area contributed by atoms with Crippen LogP contribution in [0.4, 0.5) is 14.5 Å². The standard InChI is InChI=1S/C28H26F2N4O3/c1-36-25-5-3-2-4-24(25)32-14-16-33(17-15-32)28(35)27-26(37-19-20-6-8-21(29)9-7-20)18-34(31-27)23-12-10-22(30)11-13-23/h2-13,18H,14-17,19H2,1H3. The third-order valence-corrected chi connectivity index (χ3v) is 6.27. The van der Waals surface area contributed by atoms with Crippen LogP contribution in [0.1, 0.15) is 16.1 Å². The molecule has 0 N–H and O–H groups in total. The quantitative estimate of drug-likeness (QED) is 0.365. The van der Waals surface area contributed by atoms with Gasteiger partial charge in [0.1, 0.15) is 24.0 Å². The van der Waals surface area contributed by atoms with Crippen molar-refractivity contribution in [1.29, 1.82) is 0 Å². The van der Waals surface area contributed by atoms with Crippen LogP contribution in [0.15, 0.2) is 79.0 Å². The number of carbonyl (C=O) groups is 1. The van der Waals surface area contributed by atoms with Gasteiger partial charge in [-0.3, -0.25) is 4.79 Å². The second-order valence-electron chi connectivity index (χ2n) is 8.63. The Hall–Kier alpha value is -4.40. The lowest BCUT2D eigenvalue weighted by atomic mass is 10.2. The van der Waals surface area contributed by atoms with Gasteiger partial charge in [0.2, 0.25) is 0 Å². The molecule has 1 amide bonds. The zero-order valence-corrected chi connectivity index (χ0v) is 20.3. The Balaban J connectivity index is 1.36. The van der Waals surface area contributed by atoms with Crippen molar-refractivity contribution in [3.8, 4) is 17.2 Å². The number of ether oxygens (including phenoxy) is 2. The number of halogens is 2. The highest BCUT2D eigenvalue weighted by molar-refractivity contribution is 5.95. The zero-order valence-electron chi connectivity index (χ0n) is 20.3. The van der Waals surface area contributed by atoms with E-state index in [1.165, 1.54) is 28.9 Å². The molecule has 0 unspecified atom stereocenters. The highest BCUT2D eigenvalue weighted by Gasteiger charge is 2.28. The lowest BCUT2D eigenvalue weighted by Crippen LogP contribution is -2.49. The topological polar surface area (TPSA) is 59.8 Å². The Morgan fingerprint density at radius 2 is 1.51 bits per heavy atom. The molecule has 0 spiro atoms. The fourth-order valence-corrected chi connectivity index (χ4v) is 4.27. The number of carbonyl (C=O) groups excluding carboxylic acids is 1. The summed E-state index contributed by atoms with van der Waals surface area (Å²) < 4.78 is 39.7. The summed E-state index contributed by atoms with van der Waals surface area (Å²) >= 11 is 0. The second kappa shape index (κ2) is 10.7. The third-order valence-electron chi connectivity index (χ3n) is 6.27. The van der Waals surface area contributed by atoms with Crippen LogP contribution in [0.3, 0.4) is 0 Å². The number of para-hydroxylation sites is 2. The average Bonchev–Trinajstić information content (AvgIpc) is 3.37. The van der Waals surface area contributed by atoms with Gasteiger partial charge in [-0.15, -0.1) is 0 Å². The fourth-order valence-electron chi connectivity index (χ4n) is 4.27. The van der Waals surface area contributed by atoms with Gasteiger partial charge in [-0.2, -0.15) is 5.10 Å². The van der Waals surface area contributed by atoms with Crippen LogP contribution >= 0.6 is 0 Å². The highest BCUT2D eigenvalue weighted by Crippen LogP contribution is 2.29. The van der Waals surface area contributed by atoms with Crippen molar-refractivity contribution < 1.29 is 23.0 Å². The van der Waals surface area contributed by atoms with Crippen molar-refractivity contribution in [1.82, 2.24) is 14.7 Å². The number of benzene rings is 3. The van der Waals surface area contributed by atoms with Crippen molar-refractivity contribution in [2.24, 2.45) is 0 Å². The van der Waals surface area contributed by atoms with Gasteiger partial charge in [0, 0.05) is 26.2 Å². The summed E-state index contributed by atoms with van der Waals surface area (Å²) in [4.78, 5) is 17.5. The number of anilines is 1. The lowest BCUT2D eigenvalue weighted by Gasteiger charge is -2.36. The summed E-state index contributed by atoms with van der Waals surface area (Å²) in [6.07, 6.45) is 1.61. The van der Waals surface area contributed by atoms with E-state index in [4.69, 9.17) is 9.47 Å². The van der Waals surface area contributed by atoms with Crippen LogP contribution in [-0.2, 0) is 6.61 Å². The molecule has 4 aromatic rings. The van der Waals surface area contributed by atoms with Crippen LogP contribution < -0.4 is 14.4 Å². The van der Waals surface area contributed by atoms with Gasteiger partial charge in [0.05, 0.1) is 24.7 Å². The molecule has 0 radical (unpaired) electrons. The molecule has 190 valence electrons. The van der Waals surface area contributed by atoms with E-state index in [1.54, 1.807) is 42.5 Å². The Labute approximate surface area is 213 Å². The number of hydrogen-bond acceptors (Lipinski definition) is 5. The molecule has 9 heteroatoms. The van der Waals surface area contributed by atoms with Gasteiger partial charge in [-0.25, -0.2) is 13.5 Å². The largest absolute Gasteiger partial charge is 0.495 e. The van der Waals surface area contributed by atoms with Gasteiger partial charge >= 0.3 is 0 Å². The molecule has 5 rings (SSSR count). The zero-order chi connectivity index (χ0) is 25.8. The summed E-state index contributed by atoms with van der Waals surface area (Å²) in [5, 5.41) is 4.50. The SMILES string of the molecule is COc1ccccc1N1CCN(C(=O)c2nn(-c3ccc(F)cc3)cc2OCc2ccc(F)cc2)CC1. The summed E-state index contributed by atoms with van der Waals surface area (Å²) in [7, 11) is 1.64. The molecule has 1 aromatic heterocycles. The van der Waals surface area contributed by atoms with Crippen LogP contribution in [0, 0.1) is 11.6 Å². The maximum atomic E-state index is 13.6. The molecular weight excluding hydrogens is 478 g/mol. The number of piperazine rings is 1. The Bertz CT molecular complexity index is 1370. The monoisotopic (exact) mass is 504 g/mol. The molecule has 7 nitrogen and oxygen atoms in total. The fraction of sp³-hybridized carbons (Fsp3) is 0.214. The van der Waals surface area contributed by atoms with Crippen LogP contribution in [0.5, 0.6) is 11.5 Å². The molecule has 1 aliphatic rings.